The van der Waals surface area contributed by atoms with Crippen LogP contribution in [0.3, 0.4) is 0 Å². The molecule has 0 unspecified atom stereocenters. The molecule has 1 saturated carbocycles. The van der Waals surface area contributed by atoms with E-state index in [1.165, 1.54) is 12.1 Å². The van der Waals surface area contributed by atoms with Crippen LogP contribution in [0.2, 0.25) is 0 Å². The normalized spacial score (nSPS) is 20.4. The zero-order chi connectivity index (χ0) is 19.4. The van der Waals surface area contributed by atoms with Gasteiger partial charge >= 0.3 is 13.3 Å². The lowest BCUT2D eigenvalue weighted by Crippen LogP contribution is -2.12. The fourth-order valence-corrected chi connectivity index (χ4v) is 5.27. The summed E-state index contributed by atoms with van der Waals surface area (Å²) in [6, 6.07) is 2.46. The highest BCUT2D eigenvalue weighted by Crippen LogP contribution is 2.63. The van der Waals surface area contributed by atoms with Gasteiger partial charge in [0.25, 0.3) is 0 Å². The zero-order valence-electron chi connectivity index (χ0n) is 12.8. The van der Waals surface area contributed by atoms with E-state index in [1.807, 2.05) is 0 Å². The van der Waals surface area contributed by atoms with Crippen LogP contribution in [0.25, 0.3) is 10.1 Å². The first-order valence-electron chi connectivity index (χ1n) is 7.20. The van der Waals surface area contributed by atoms with Crippen molar-refractivity contribution in [3.8, 4) is 5.75 Å². The Morgan fingerprint density at radius 3 is 2.58 bits per heavy atom. The Balaban J connectivity index is 2.14. The standard InChI is InChI=1S/C14H12BrF3NO5PS/c15-10-7-1-5(13(19)20)3-9(24-4-6-2-8(6)16)11(7)26-12(10)14(17,18)25(21,22)23/h1,3,6,8H,2,4H2,(H2,19,20)(H2,21,22,23)/t6-,8-/m0/s1. The van der Waals surface area contributed by atoms with E-state index < -0.39 is 30.2 Å². The fraction of sp³-hybridized carbons (Fsp3) is 0.357. The average molecular weight is 474 g/mol. The summed E-state index contributed by atoms with van der Waals surface area (Å²) in [5, 5.41) is 0.0945. The molecule has 0 radical (unpaired) electrons. The van der Waals surface area contributed by atoms with Crippen molar-refractivity contribution in [3.05, 3.63) is 27.0 Å². The van der Waals surface area contributed by atoms with Gasteiger partial charge in [0.05, 0.1) is 11.3 Å². The number of halogens is 4. The van der Waals surface area contributed by atoms with Crippen LogP contribution in [-0.2, 0) is 10.2 Å². The first-order valence-corrected chi connectivity index (χ1v) is 10.4. The molecule has 3 rings (SSSR count). The lowest BCUT2D eigenvalue weighted by Gasteiger charge is -2.16. The number of fused-ring (bicyclic) bond motifs is 1. The third-order valence-corrected chi connectivity index (χ3v) is 7.39. The second-order valence-electron chi connectivity index (χ2n) is 5.87. The third-order valence-electron chi connectivity index (χ3n) is 3.91. The van der Waals surface area contributed by atoms with Gasteiger partial charge in [0.15, 0.2) is 0 Å². The van der Waals surface area contributed by atoms with E-state index in [1.54, 1.807) is 0 Å². The number of hydrogen-bond donors (Lipinski definition) is 3. The van der Waals surface area contributed by atoms with E-state index in [2.05, 4.69) is 15.9 Å². The van der Waals surface area contributed by atoms with E-state index in [9.17, 15) is 22.5 Å². The molecule has 1 heterocycles. The molecule has 26 heavy (non-hydrogen) atoms. The Morgan fingerprint density at radius 2 is 2.08 bits per heavy atom. The topological polar surface area (TPSA) is 110 Å². The summed E-state index contributed by atoms with van der Waals surface area (Å²) in [6.45, 7) is -0.0157. The predicted octanol–water partition coefficient (Wildman–Crippen LogP) is 3.73. The Labute approximate surface area is 157 Å². The summed E-state index contributed by atoms with van der Waals surface area (Å²) in [4.78, 5) is 28.5. The highest BCUT2D eigenvalue weighted by Gasteiger charge is 2.53. The molecule has 2 aromatic rings. The number of carbonyl (C=O) groups excluding carboxylic acids is 1. The number of primary amides is 1. The van der Waals surface area contributed by atoms with Crippen LogP contribution < -0.4 is 10.5 Å². The maximum absolute atomic E-state index is 14.2. The summed E-state index contributed by atoms with van der Waals surface area (Å²) in [5.74, 6) is -1.14. The van der Waals surface area contributed by atoms with Gasteiger partial charge in [0.2, 0.25) is 5.91 Å². The van der Waals surface area contributed by atoms with Crippen LogP contribution in [0.15, 0.2) is 16.6 Å². The second-order valence-corrected chi connectivity index (χ2v) is 9.33. The largest absolute Gasteiger partial charge is 0.492 e. The van der Waals surface area contributed by atoms with Crippen molar-refractivity contribution in [2.75, 3.05) is 6.61 Å². The van der Waals surface area contributed by atoms with Crippen molar-refractivity contribution >= 4 is 50.9 Å². The van der Waals surface area contributed by atoms with Crippen LogP contribution in [0.4, 0.5) is 13.2 Å². The molecule has 1 aromatic heterocycles. The van der Waals surface area contributed by atoms with Gasteiger partial charge in [-0.25, -0.2) is 4.39 Å². The molecule has 12 heteroatoms. The number of benzene rings is 1. The van der Waals surface area contributed by atoms with Crippen molar-refractivity contribution in [2.24, 2.45) is 11.7 Å². The molecule has 1 aliphatic rings. The fourth-order valence-electron chi connectivity index (χ4n) is 2.29. The molecule has 2 atom stereocenters. The van der Waals surface area contributed by atoms with E-state index in [0.717, 1.165) is 0 Å². The Hall–Kier alpha value is -1.13. The van der Waals surface area contributed by atoms with Crippen LogP contribution in [-0.4, -0.2) is 28.5 Å². The molecule has 0 aliphatic heterocycles. The molecule has 0 spiro atoms. The van der Waals surface area contributed by atoms with Gasteiger partial charge in [0, 0.05) is 21.3 Å². The number of amides is 1. The van der Waals surface area contributed by atoms with Gasteiger partial charge < -0.3 is 20.3 Å². The molecular weight excluding hydrogens is 462 g/mol. The van der Waals surface area contributed by atoms with E-state index in [0.29, 0.717) is 17.8 Å². The molecule has 1 aromatic carbocycles. The summed E-state index contributed by atoms with van der Waals surface area (Å²) < 4.78 is 57.9. The van der Waals surface area contributed by atoms with Crippen LogP contribution in [0, 0.1) is 5.92 Å². The molecule has 6 nitrogen and oxygen atoms in total. The van der Waals surface area contributed by atoms with Crippen molar-refractivity contribution < 1.29 is 37.1 Å². The number of thiophene rings is 1. The molecule has 0 bridgehead atoms. The number of carbonyl (C=O) groups is 1. The summed E-state index contributed by atoms with van der Waals surface area (Å²) >= 11 is 3.34. The van der Waals surface area contributed by atoms with Crippen molar-refractivity contribution in [1.29, 1.82) is 0 Å². The van der Waals surface area contributed by atoms with Gasteiger partial charge in [-0.3, -0.25) is 9.36 Å². The minimum Gasteiger partial charge on any atom is -0.492 e. The van der Waals surface area contributed by atoms with Crippen molar-refractivity contribution in [2.45, 2.75) is 18.3 Å². The lowest BCUT2D eigenvalue weighted by molar-refractivity contribution is 0.0595. The monoisotopic (exact) mass is 473 g/mol. The molecule has 1 amide bonds. The molecule has 1 aliphatic carbocycles. The lowest BCUT2D eigenvalue weighted by atomic mass is 10.1. The first kappa shape index (κ1) is 19.6. The van der Waals surface area contributed by atoms with E-state index in [4.69, 9.17) is 20.3 Å². The number of nitrogens with two attached hydrogens (primary N) is 1. The van der Waals surface area contributed by atoms with Crippen LogP contribution in [0.1, 0.15) is 21.7 Å². The van der Waals surface area contributed by atoms with E-state index in [-0.39, 0.29) is 38.4 Å². The van der Waals surface area contributed by atoms with Crippen LogP contribution in [0.5, 0.6) is 5.75 Å². The van der Waals surface area contributed by atoms with Gasteiger partial charge in [-0.05, 0) is 34.5 Å². The Bertz CT molecular complexity index is 946. The summed E-state index contributed by atoms with van der Waals surface area (Å²) in [6.07, 6.45) is -0.664. The molecule has 142 valence electrons. The maximum atomic E-state index is 14.2. The van der Waals surface area contributed by atoms with Crippen molar-refractivity contribution in [3.63, 3.8) is 0 Å². The number of alkyl halides is 3. The number of rotatable bonds is 6. The highest BCUT2D eigenvalue weighted by molar-refractivity contribution is 9.10. The summed E-state index contributed by atoms with van der Waals surface area (Å²) in [5.41, 5.74) is 0.769. The minimum atomic E-state index is -5.78. The SMILES string of the molecule is NC(=O)c1cc(OC[C@@H]2C[C@@H]2F)c2sc(C(F)(F)P(=O)(O)O)c(Br)c2c1. The van der Waals surface area contributed by atoms with E-state index >= 15 is 0 Å². The molecule has 1 fully saturated rings. The first-order chi connectivity index (χ1) is 11.9. The minimum absolute atomic E-state index is 0.0157. The molecular formula is C14H12BrF3NO5PS. The predicted molar refractivity (Wildman–Crippen MR) is 92.5 cm³/mol. The second kappa shape index (κ2) is 6.49. The number of ether oxygens (including phenoxy) is 1. The summed E-state index contributed by atoms with van der Waals surface area (Å²) in [7, 11) is -5.78. The van der Waals surface area contributed by atoms with Crippen LogP contribution >= 0.6 is 34.9 Å². The quantitative estimate of drug-likeness (QED) is 0.553. The van der Waals surface area contributed by atoms with Gasteiger partial charge in [-0.1, -0.05) is 0 Å². The highest BCUT2D eigenvalue weighted by atomic mass is 79.9. The van der Waals surface area contributed by atoms with Gasteiger partial charge in [-0.15, -0.1) is 11.3 Å². The average Bonchev–Trinajstić information content (AvgIpc) is 3.12. The third kappa shape index (κ3) is 3.38. The number of hydrogen-bond acceptors (Lipinski definition) is 4. The zero-order valence-corrected chi connectivity index (χ0v) is 16.1. The molecule has 0 saturated heterocycles. The van der Waals surface area contributed by atoms with Gasteiger partial charge in [0.1, 0.15) is 16.8 Å². The van der Waals surface area contributed by atoms with Gasteiger partial charge in [-0.2, -0.15) is 8.78 Å². The Kier molecular flexibility index (Phi) is 4.90. The Morgan fingerprint density at radius 1 is 1.46 bits per heavy atom. The maximum Gasteiger partial charge on any atom is 0.400 e. The van der Waals surface area contributed by atoms with Crippen molar-refractivity contribution in [1.82, 2.24) is 0 Å². The smallest absolute Gasteiger partial charge is 0.400 e. The molecule has 4 N–H and O–H groups in total.